The molecule has 5 aromatic rings. The van der Waals surface area contributed by atoms with Crippen molar-refractivity contribution in [3.8, 4) is 23.6 Å². The van der Waals surface area contributed by atoms with E-state index in [0.29, 0.717) is 58.1 Å². The van der Waals surface area contributed by atoms with E-state index in [4.69, 9.17) is 18.9 Å². The highest BCUT2D eigenvalue weighted by molar-refractivity contribution is 7.08. The van der Waals surface area contributed by atoms with E-state index < -0.39 is 11.9 Å². The predicted molar refractivity (Wildman–Crippen MR) is 295 cm³/mol. The number of carbonyl (C=O) groups excluding carboxylic acids is 4. The summed E-state index contributed by atoms with van der Waals surface area (Å²) >= 11 is 2.04. The molecule has 0 saturated carbocycles. The van der Waals surface area contributed by atoms with E-state index in [2.05, 4.69) is 46.1 Å². The number of aromatic nitrogens is 2. The number of nitrogens with zero attached hydrogens (tertiary/aromatic N) is 7. The Morgan fingerprint density at radius 1 is 0.649 bits per heavy atom. The van der Waals surface area contributed by atoms with Crippen molar-refractivity contribution >= 4 is 81.3 Å². The standard InChI is InChI=1S/C31H33N5O5S.C24H27N5O5S/c1-3-17-40-31(39)26(19-32)30-36(4-2)29(38)27(42-30)20-33-24-11-8-12-25(18-24)41-22-28(37)35-15-13-34(14-16-35)21-23-9-6-5-7-10-23;1-3-12-33-24(32)19(14-25)23-29(4-2)22(31)20(35-23)15-27-17-6-5-7-18(13-17)34-16-21(30)28-10-8-26-9-11-28/h3,5-12,18,20,33H,1,4,13-17,21-22H2,2H3;3,5-7,13,15,26-27H,1,4,8-12,16H2,2H3. The monoisotopic (exact) mass is 1080 g/mol. The summed E-state index contributed by atoms with van der Waals surface area (Å²) in [5, 5.41) is 28.4. The maximum absolute atomic E-state index is 12.9. The molecule has 0 unspecified atom stereocenters. The molecule has 0 atom stereocenters. The number of thiazole rings is 2. The number of benzene rings is 3. The van der Waals surface area contributed by atoms with Gasteiger partial charge in [0.2, 0.25) is 0 Å². The van der Waals surface area contributed by atoms with Crippen LogP contribution < -0.4 is 54.9 Å². The predicted octanol–water partition coefficient (Wildman–Crippen LogP) is 1.90. The van der Waals surface area contributed by atoms with Crippen molar-refractivity contribution in [3.63, 3.8) is 0 Å². The van der Waals surface area contributed by atoms with Gasteiger partial charge >= 0.3 is 11.9 Å². The van der Waals surface area contributed by atoms with Crippen LogP contribution in [0.2, 0.25) is 0 Å². The molecule has 7 rings (SSSR count). The number of esters is 2. The first-order valence-electron chi connectivity index (χ1n) is 24.7. The zero-order valence-electron chi connectivity index (χ0n) is 42.9. The number of nitrogens with one attached hydrogen (secondary N) is 3. The van der Waals surface area contributed by atoms with Crippen LogP contribution >= 0.6 is 22.7 Å². The van der Waals surface area contributed by atoms with Crippen molar-refractivity contribution in [2.75, 3.05) is 89.4 Å². The van der Waals surface area contributed by atoms with Crippen molar-refractivity contribution in [3.05, 3.63) is 149 Å². The van der Waals surface area contributed by atoms with Gasteiger partial charge in [-0.25, -0.2) is 9.59 Å². The SMILES string of the molecule is C=CCOC(=O)C(C#N)=c1sc(=CNc2cccc(OCC(=O)N3CCN(Cc4ccccc4)CC3)c2)c(=O)n1CC.C=CCOC(=O)C(C#N)=c1sc(=CNc2cccc(OCC(=O)N3CCNCC3)c2)c(=O)n1CC. The number of hydrogen-bond acceptors (Lipinski definition) is 18. The van der Waals surface area contributed by atoms with Gasteiger partial charge in [0.1, 0.15) is 55.2 Å². The van der Waals surface area contributed by atoms with Crippen LogP contribution in [0.25, 0.3) is 23.5 Å². The van der Waals surface area contributed by atoms with E-state index in [1.165, 1.54) is 39.2 Å². The number of carbonyl (C=O) groups is 4. The lowest BCUT2D eigenvalue weighted by Crippen LogP contribution is -2.49. The van der Waals surface area contributed by atoms with Gasteiger partial charge in [0, 0.05) is 108 Å². The van der Waals surface area contributed by atoms with Gasteiger partial charge in [0.25, 0.3) is 22.9 Å². The molecule has 0 spiro atoms. The van der Waals surface area contributed by atoms with Gasteiger partial charge in [0.15, 0.2) is 24.4 Å². The summed E-state index contributed by atoms with van der Waals surface area (Å²) < 4.78 is 25.2. The largest absolute Gasteiger partial charge is 0.484 e. The molecule has 0 bridgehead atoms. The van der Waals surface area contributed by atoms with Gasteiger partial charge in [-0.1, -0.05) is 67.8 Å². The molecule has 2 amide bonds. The number of amides is 2. The van der Waals surface area contributed by atoms with Crippen molar-refractivity contribution in [1.29, 1.82) is 10.5 Å². The van der Waals surface area contributed by atoms with Crippen LogP contribution in [-0.2, 0) is 48.3 Å². The Bertz CT molecular complexity index is 3380. The second-order valence-corrected chi connectivity index (χ2v) is 18.9. The smallest absolute Gasteiger partial charge is 0.352 e. The van der Waals surface area contributed by atoms with Crippen LogP contribution in [0.3, 0.4) is 0 Å². The Morgan fingerprint density at radius 2 is 1.10 bits per heavy atom. The maximum Gasteiger partial charge on any atom is 0.352 e. The third-order valence-corrected chi connectivity index (χ3v) is 14.0. The molecule has 2 aliphatic heterocycles. The van der Waals surface area contributed by atoms with E-state index >= 15 is 0 Å². The van der Waals surface area contributed by atoms with E-state index in [9.17, 15) is 39.3 Å². The van der Waals surface area contributed by atoms with Gasteiger partial charge < -0.3 is 44.7 Å². The summed E-state index contributed by atoms with van der Waals surface area (Å²) in [4.78, 5) is 81.4. The summed E-state index contributed by atoms with van der Waals surface area (Å²) in [6.07, 6.45) is 5.83. The average Bonchev–Trinajstić information content (AvgIpc) is 3.96. The molecule has 2 aliphatic rings. The fraction of sp³-hybridized carbons (Fsp3) is 0.309. The highest BCUT2D eigenvalue weighted by Crippen LogP contribution is 2.19. The number of rotatable bonds is 20. The van der Waals surface area contributed by atoms with Crippen LogP contribution in [0, 0.1) is 22.7 Å². The molecular weight excluding hydrogens is 1020 g/mol. The number of ether oxygens (including phenoxy) is 4. The van der Waals surface area contributed by atoms with E-state index in [-0.39, 0.29) is 82.9 Å². The van der Waals surface area contributed by atoms with Gasteiger partial charge in [0.05, 0.1) is 0 Å². The maximum atomic E-state index is 12.9. The molecule has 2 fully saturated rings. The highest BCUT2D eigenvalue weighted by Gasteiger charge is 2.23. The minimum atomic E-state index is -0.811. The van der Waals surface area contributed by atoms with Crippen LogP contribution in [0.1, 0.15) is 19.4 Å². The summed E-state index contributed by atoms with van der Waals surface area (Å²) in [7, 11) is 0. The van der Waals surface area contributed by atoms with Crippen LogP contribution in [0.5, 0.6) is 11.5 Å². The lowest BCUT2D eigenvalue weighted by molar-refractivity contribution is -0.136. The molecular formula is C55H60N10O10S2. The topological polar surface area (TPSA) is 243 Å². The van der Waals surface area contributed by atoms with Crippen molar-refractivity contribution in [2.24, 2.45) is 0 Å². The first-order chi connectivity index (χ1) is 37.4. The Morgan fingerprint density at radius 3 is 1.53 bits per heavy atom. The second-order valence-electron chi connectivity index (χ2n) is 16.9. The Hall–Kier alpha value is -8.54. The van der Waals surface area contributed by atoms with E-state index in [1.54, 1.807) is 67.3 Å². The third-order valence-electron chi connectivity index (χ3n) is 11.7. The second kappa shape index (κ2) is 29.5. The molecule has 3 aromatic carbocycles. The minimum Gasteiger partial charge on any atom is -0.484 e. The molecule has 3 N–H and O–H groups in total. The van der Waals surface area contributed by atoms with Gasteiger partial charge in [-0.15, -0.1) is 22.7 Å². The fourth-order valence-corrected chi connectivity index (χ4v) is 9.95. The quantitative estimate of drug-likeness (QED) is 0.0745. The number of hydrogen-bond donors (Lipinski definition) is 3. The van der Waals surface area contributed by atoms with Crippen LogP contribution in [0.15, 0.2) is 114 Å². The molecule has 2 saturated heterocycles. The molecule has 77 heavy (non-hydrogen) atoms. The molecule has 2 aromatic heterocycles. The lowest BCUT2D eigenvalue weighted by atomic mass is 10.2. The summed E-state index contributed by atoms with van der Waals surface area (Å²) in [5.41, 5.74) is 1.40. The molecule has 20 nitrogen and oxygen atoms in total. The summed E-state index contributed by atoms with van der Waals surface area (Å²) in [5.74, 6) is -0.743. The Labute approximate surface area is 452 Å². The number of piperazine rings is 2. The molecule has 4 heterocycles. The molecule has 0 radical (unpaired) electrons. The Kier molecular flexibility index (Phi) is 22.1. The zero-order chi connectivity index (χ0) is 55.1. The van der Waals surface area contributed by atoms with Gasteiger partial charge in [-0.2, -0.15) is 10.5 Å². The average molecular weight is 1090 g/mol. The first kappa shape index (κ1) is 57.7. The molecule has 0 aliphatic carbocycles. The van der Waals surface area contributed by atoms with Crippen molar-refractivity contribution < 1.29 is 38.1 Å². The molecule has 402 valence electrons. The van der Waals surface area contributed by atoms with Crippen LogP contribution in [-0.4, -0.2) is 126 Å². The number of anilines is 2. The zero-order valence-corrected chi connectivity index (χ0v) is 44.5. The molecule has 22 heteroatoms. The van der Waals surface area contributed by atoms with Gasteiger partial charge in [-0.3, -0.25) is 33.2 Å². The lowest BCUT2D eigenvalue weighted by Gasteiger charge is -2.34. The van der Waals surface area contributed by atoms with E-state index in [1.807, 2.05) is 35.2 Å². The summed E-state index contributed by atoms with van der Waals surface area (Å²) in [6, 6.07) is 28.1. The Balaban J connectivity index is 0.000000254. The first-order valence-corrected chi connectivity index (χ1v) is 26.3. The normalized spacial score (nSPS) is 14.6. The number of nitriles is 2. The highest BCUT2D eigenvalue weighted by atomic mass is 32.1. The van der Waals surface area contributed by atoms with Crippen molar-refractivity contribution in [2.45, 2.75) is 33.5 Å². The van der Waals surface area contributed by atoms with Crippen LogP contribution in [0.4, 0.5) is 11.4 Å². The van der Waals surface area contributed by atoms with Gasteiger partial charge in [-0.05, 0) is 43.7 Å². The fourth-order valence-electron chi connectivity index (χ4n) is 7.79. The van der Waals surface area contributed by atoms with E-state index in [0.717, 1.165) is 55.4 Å². The third kappa shape index (κ3) is 16.2. The van der Waals surface area contributed by atoms with Crippen molar-refractivity contribution in [1.82, 2.24) is 29.2 Å². The minimum absolute atomic E-state index is 0.0362. The summed E-state index contributed by atoms with van der Waals surface area (Å²) in [6.45, 7) is 17.5.